The van der Waals surface area contributed by atoms with Crippen LogP contribution in [0.25, 0.3) is 11.4 Å². The maximum absolute atomic E-state index is 13.6. The predicted molar refractivity (Wildman–Crippen MR) is 143 cm³/mol. The summed E-state index contributed by atoms with van der Waals surface area (Å²) in [4.78, 5) is 35.4. The molecule has 0 radical (unpaired) electrons. The molecule has 0 saturated carbocycles. The third kappa shape index (κ3) is 5.99. The number of hydrogen-bond acceptors (Lipinski definition) is 6. The predicted octanol–water partition coefficient (Wildman–Crippen LogP) is 4.52. The molecule has 4 heterocycles. The average molecular weight is 508 g/mol. The number of piperidine rings is 2. The van der Waals surface area contributed by atoms with Gasteiger partial charge in [0.2, 0.25) is 17.6 Å². The molecule has 0 spiro atoms. The second-order valence-electron chi connectivity index (χ2n) is 11.8. The zero-order valence-corrected chi connectivity index (χ0v) is 22.4. The Morgan fingerprint density at radius 2 is 1.86 bits per heavy atom. The van der Waals surface area contributed by atoms with Gasteiger partial charge in [0.25, 0.3) is 0 Å². The van der Waals surface area contributed by atoms with Crippen LogP contribution in [0.5, 0.6) is 0 Å². The van der Waals surface area contributed by atoms with Crippen molar-refractivity contribution in [3.63, 3.8) is 0 Å². The lowest BCUT2D eigenvalue weighted by Crippen LogP contribution is -2.59. The number of carbonyl (C=O) groups is 2. The minimum atomic E-state index is 0.140. The zero-order chi connectivity index (χ0) is 25.9. The highest BCUT2D eigenvalue weighted by Gasteiger charge is 2.43. The summed E-state index contributed by atoms with van der Waals surface area (Å²) in [7, 11) is 0. The Bertz CT molecular complexity index is 1070. The lowest BCUT2D eigenvalue weighted by molar-refractivity contribution is -0.139. The summed E-state index contributed by atoms with van der Waals surface area (Å²) in [6, 6.07) is 10.8. The van der Waals surface area contributed by atoms with E-state index >= 15 is 0 Å². The van der Waals surface area contributed by atoms with Crippen LogP contribution in [0.1, 0.15) is 65.7 Å². The minimum Gasteiger partial charge on any atom is -0.353 e. The van der Waals surface area contributed by atoms with E-state index < -0.39 is 0 Å². The Labute approximate surface area is 220 Å². The quantitative estimate of drug-likeness (QED) is 0.657. The Kier molecular flexibility index (Phi) is 7.81. The molecule has 5 atom stereocenters. The van der Waals surface area contributed by atoms with Crippen LogP contribution < -0.4 is 10.2 Å². The molecule has 1 N–H and O–H groups in total. The molecular weight excluding hydrogens is 466 g/mol. The molecule has 2 aromatic rings. The summed E-state index contributed by atoms with van der Waals surface area (Å²) in [5.74, 6) is 2.43. The van der Waals surface area contributed by atoms with Crippen molar-refractivity contribution in [3.05, 3.63) is 30.3 Å². The molecule has 37 heavy (non-hydrogen) atoms. The largest absolute Gasteiger partial charge is 0.353 e. The number of nitrogens with zero attached hydrogens (tertiary/aromatic N) is 4. The summed E-state index contributed by atoms with van der Waals surface area (Å²) in [5, 5.41) is 7.50. The molecule has 3 aliphatic heterocycles. The van der Waals surface area contributed by atoms with Gasteiger partial charge in [-0.15, -0.1) is 0 Å². The number of rotatable bonds is 3. The topological polar surface area (TPSA) is 91.6 Å². The van der Waals surface area contributed by atoms with Crippen molar-refractivity contribution in [3.8, 4) is 11.4 Å². The number of benzene rings is 1. The van der Waals surface area contributed by atoms with Crippen LogP contribution in [0, 0.1) is 23.7 Å². The minimum absolute atomic E-state index is 0.140. The van der Waals surface area contributed by atoms with Gasteiger partial charge in [0, 0.05) is 50.1 Å². The summed E-state index contributed by atoms with van der Waals surface area (Å²) in [6.45, 7) is 8.88. The maximum Gasteiger partial charge on any atom is 0.324 e. The van der Waals surface area contributed by atoms with E-state index in [1.54, 1.807) is 0 Å². The molecule has 2 bridgehead atoms. The summed E-state index contributed by atoms with van der Waals surface area (Å²) < 4.78 is 5.70. The van der Waals surface area contributed by atoms with E-state index in [0.717, 1.165) is 57.3 Å². The van der Waals surface area contributed by atoms with E-state index in [1.165, 1.54) is 0 Å². The van der Waals surface area contributed by atoms with E-state index in [-0.39, 0.29) is 23.9 Å². The lowest BCUT2D eigenvalue weighted by atomic mass is 9.77. The number of nitrogens with one attached hydrogen (secondary N) is 1. The highest BCUT2D eigenvalue weighted by Crippen LogP contribution is 2.38. The molecule has 2 amide bonds. The highest BCUT2D eigenvalue weighted by molar-refractivity contribution is 5.77. The number of carbonyl (C=O) groups excluding carboxylic acids is 2. The fourth-order valence-electron chi connectivity index (χ4n) is 6.51. The lowest BCUT2D eigenvalue weighted by Gasteiger charge is -2.50. The average Bonchev–Trinajstić information content (AvgIpc) is 3.38. The summed E-state index contributed by atoms with van der Waals surface area (Å²) in [5.41, 5.74) is 0.939. The Balaban J connectivity index is 1.32. The van der Waals surface area contributed by atoms with Crippen molar-refractivity contribution in [1.29, 1.82) is 0 Å². The molecule has 200 valence electrons. The van der Waals surface area contributed by atoms with Gasteiger partial charge in [-0.3, -0.25) is 9.59 Å². The van der Waals surface area contributed by atoms with Crippen LogP contribution in [0.3, 0.4) is 0 Å². The highest BCUT2D eigenvalue weighted by atomic mass is 16.5. The van der Waals surface area contributed by atoms with Crippen molar-refractivity contribution in [2.45, 2.75) is 77.8 Å². The van der Waals surface area contributed by atoms with Crippen LogP contribution in [-0.4, -0.2) is 58.6 Å². The molecule has 3 aliphatic rings. The van der Waals surface area contributed by atoms with Gasteiger partial charge >= 0.3 is 6.01 Å². The first-order chi connectivity index (χ1) is 17.9. The van der Waals surface area contributed by atoms with Gasteiger partial charge in [-0.25, -0.2) is 0 Å². The van der Waals surface area contributed by atoms with Crippen LogP contribution in [0.2, 0.25) is 0 Å². The number of anilines is 1. The molecule has 0 aliphatic carbocycles. The van der Waals surface area contributed by atoms with Gasteiger partial charge in [-0.2, -0.15) is 4.98 Å². The van der Waals surface area contributed by atoms with Crippen LogP contribution in [-0.2, 0) is 9.59 Å². The third-order valence-corrected chi connectivity index (χ3v) is 8.56. The van der Waals surface area contributed by atoms with Gasteiger partial charge in [0.05, 0.1) is 0 Å². The number of aromatic nitrogens is 2. The second kappa shape index (κ2) is 11.2. The van der Waals surface area contributed by atoms with Crippen molar-refractivity contribution >= 4 is 17.8 Å². The van der Waals surface area contributed by atoms with Crippen LogP contribution >= 0.6 is 0 Å². The Morgan fingerprint density at radius 1 is 1.05 bits per heavy atom. The molecule has 1 aromatic carbocycles. The van der Waals surface area contributed by atoms with Crippen molar-refractivity contribution in [2.24, 2.45) is 23.7 Å². The number of fused-ring (bicyclic) bond motifs is 4. The van der Waals surface area contributed by atoms with E-state index in [4.69, 9.17) is 9.51 Å². The van der Waals surface area contributed by atoms with Gasteiger partial charge in [0.1, 0.15) is 0 Å². The fourth-order valence-corrected chi connectivity index (χ4v) is 6.51. The van der Waals surface area contributed by atoms with Crippen molar-refractivity contribution < 1.29 is 14.1 Å². The summed E-state index contributed by atoms with van der Waals surface area (Å²) >= 11 is 0. The Morgan fingerprint density at radius 3 is 2.65 bits per heavy atom. The fraction of sp³-hybridized carbons (Fsp3) is 0.655. The molecule has 0 unspecified atom stereocenters. The number of hydrogen-bond donors (Lipinski definition) is 1. The standard InChI is InChI=1S/C29H41N5O3/c1-19(2)24-13-12-20(3)14-27(36)34-17-21-15-23(25(34)10-7-11-26(35)30-24)18-33(16-21)29-31-28(32-37-29)22-8-5-4-6-9-22/h4-6,8-9,19-21,23-25H,7,10-18H2,1-3H3,(H,30,35)/t20-,21+,23+,24+,25+/m1/s1. The monoisotopic (exact) mass is 507 g/mol. The first kappa shape index (κ1) is 25.7. The van der Waals surface area contributed by atoms with Crippen LogP contribution in [0.15, 0.2) is 34.9 Å². The second-order valence-corrected chi connectivity index (χ2v) is 11.8. The molecule has 5 rings (SSSR count). The smallest absolute Gasteiger partial charge is 0.324 e. The van der Waals surface area contributed by atoms with E-state index in [0.29, 0.717) is 48.4 Å². The van der Waals surface area contributed by atoms with Crippen LogP contribution in [0.4, 0.5) is 6.01 Å². The normalized spacial score (nSPS) is 29.7. The van der Waals surface area contributed by atoms with E-state index in [2.05, 4.69) is 41.0 Å². The molecule has 3 fully saturated rings. The van der Waals surface area contributed by atoms with E-state index in [1.807, 2.05) is 30.3 Å². The van der Waals surface area contributed by atoms with Gasteiger partial charge in [0.15, 0.2) is 0 Å². The van der Waals surface area contributed by atoms with Gasteiger partial charge in [-0.1, -0.05) is 56.3 Å². The molecule has 8 nitrogen and oxygen atoms in total. The molecule has 3 saturated heterocycles. The molecule has 8 heteroatoms. The number of amides is 2. The Hall–Kier alpha value is -2.90. The first-order valence-electron chi connectivity index (χ1n) is 14.1. The SMILES string of the molecule is CC(C)[C@@H]1CC[C@@H](C)CC(=O)N2C[C@H]3C[C@@H](CN(c4nc(-c5ccccc5)no4)C3)[C@@H]2CCCC(=O)N1. The maximum atomic E-state index is 13.6. The van der Waals surface area contributed by atoms with Crippen molar-refractivity contribution in [2.75, 3.05) is 24.5 Å². The van der Waals surface area contributed by atoms with Gasteiger partial charge in [-0.05, 0) is 55.8 Å². The van der Waals surface area contributed by atoms with Crippen molar-refractivity contribution in [1.82, 2.24) is 20.4 Å². The molecule has 1 aromatic heterocycles. The van der Waals surface area contributed by atoms with Gasteiger partial charge < -0.3 is 19.6 Å². The third-order valence-electron chi connectivity index (χ3n) is 8.56. The molecular formula is C29H41N5O3. The van der Waals surface area contributed by atoms with E-state index in [9.17, 15) is 9.59 Å². The summed E-state index contributed by atoms with van der Waals surface area (Å²) in [6.07, 6.45) is 5.72. The zero-order valence-electron chi connectivity index (χ0n) is 22.4. The first-order valence-corrected chi connectivity index (χ1v) is 14.1.